The Morgan fingerprint density at radius 1 is 1.20 bits per heavy atom. The molecule has 0 heterocycles. The zero-order chi connectivity index (χ0) is 18.0. The quantitative estimate of drug-likeness (QED) is 0.830. The summed E-state index contributed by atoms with van der Waals surface area (Å²) < 4.78 is 0. The molecule has 3 unspecified atom stereocenters. The molecule has 3 atom stereocenters. The number of carbonyl (C=O) groups excluding carboxylic acids is 1. The lowest BCUT2D eigenvalue weighted by molar-refractivity contribution is -0.143. The zero-order valence-electron chi connectivity index (χ0n) is 13.9. The van der Waals surface area contributed by atoms with Crippen LogP contribution in [0, 0.1) is 5.92 Å². The summed E-state index contributed by atoms with van der Waals surface area (Å²) in [5.74, 6) is -1.02. The fraction of sp³-hybridized carbons (Fsp3) is 0.300. The lowest BCUT2D eigenvalue weighted by Gasteiger charge is -2.25. The van der Waals surface area contributed by atoms with E-state index in [0.717, 1.165) is 12.0 Å². The van der Waals surface area contributed by atoms with Crippen LogP contribution in [0.2, 0.25) is 5.02 Å². The van der Waals surface area contributed by atoms with Gasteiger partial charge in [0, 0.05) is 17.5 Å². The molecule has 1 amide bonds. The first-order chi connectivity index (χ1) is 11.9. The van der Waals surface area contributed by atoms with E-state index >= 15 is 0 Å². The minimum atomic E-state index is -1.16. The summed E-state index contributed by atoms with van der Waals surface area (Å²) in [6.07, 6.45) is 0.765. The molecule has 2 aromatic rings. The number of amides is 1. The van der Waals surface area contributed by atoms with E-state index in [9.17, 15) is 14.7 Å². The number of rotatable bonds is 6. The third-order valence-corrected chi connectivity index (χ3v) is 5.14. The Balaban J connectivity index is 1.65. The molecule has 5 heteroatoms. The third kappa shape index (κ3) is 3.69. The number of aliphatic carboxylic acids is 1. The zero-order valence-corrected chi connectivity index (χ0v) is 14.7. The summed E-state index contributed by atoms with van der Waals surface area (Å²) in [5.41, 5.74) is 0.568. The van der Waals surface area contributed by atoms with Crippen molar-refractivity contribution < 1.29 is 14.7 Å². The molecule has 1 saturated carbocycles. The number of carbonyl (C=O) groups is 2. The van der Waals surface area contributed by atoms with Gasteiger partial charge in [0.1, 0.15) is 5.41 Å². The van der Waals surface area contributed by atoms with Crippen molar-refractivity contribution in [1.29, 1.82) is 0 Å². The second-order valence-electron chi connectivity index (χ2n) is 6.72. The molecule has 0 saturated heterocycles. The standard InChI is InChI=1S/C20H20ClNO3/c1-20(19(24)25,14-7-3-2-4-8-14)12-22-18(23)17-11-16(17)13-6-5-9-15(21)10-13/h2-10,16-17H,11-12H2,1H3,(H,22,23)(H,24,25). The number of carboxylic acid groups (broad SMARTS) is 1. The first kappa shape index (κ1) is 17.5. The average Bonchev–Trinajstić information content (AvgIpc) is 3.41. The Morgan fingerprint density at radius 3 is 2.56 bits per heavy atom. The Hall–Kier alpha value is -2.33. The van der Waals surface area contributed by atoms with Crippen molar-refractivity contribution in [3.8, 4) is 0 Å². The van der Waals surface area contributed by atoms with Gasteiger partial charge in [-0.1, -0.05) is 54.1 Å². The number of hydrogen-bond donors (Lipinski definition) is 2. The number of benzene rings is 2. The van der Waals surface area contributed by atoms with E-state index in [-0.39, 0.29) is 24.3 Å². The molecule has 1 aliphatic carbocycles. The lowest BCUT2D eigenvalue weighted by atomic mass is 9.82. The summed E-state index contributed by atoms with van der Waals surface area (Å²) in [5, 5.41) is 13.1. The SMILES string of the molecule is CC(CNC(=O)C1CC1c1cccc(Cl)c1)(C(=O)O)c1ccccc1. The van der Waals surface area contributed by atoms with Gasteiger partial charge in [0.2, 0.25) is 5.91 Å². The highest BCUT2D eigenvalue weighted by Gasteiger charge is 2.45. The molecule has 0 spiro atoms. The number of carboxylic acids is 1. The molecule has 1 fully saturated rings. The summed E-state index contributed by atoms with van der Waals surface area (Å²) in [6.45, 7) is 1.69. The van der Waals surface area contributed by atoms with Crippen molar-refractivity contribution in [2.75, 3.05) is 6.54 Å². The average molecular weight is 358 g/mol. The van der Waals surface area contributed by atoms with Crippen LogP contribution < -0.4 is 5.32 Å². The Labute approximate surface area is 151 Å². The molecular formula is C20H20ClNO3. The van der Waals surface area contributed by atoms with Gasteiger partial charge < -0.3 is 10.4 Å². The van der Waals surface area contributed by atoms with Crippen LogP contribution in [0.4, 0.5) is 0 Å². The number of halogens is 1. The Bertz CT molecular complexity index is 793. The summed E-state index contributed by atoms with van der Waals surface area (Å²) in [4.78, 5) is 24.2. The molecule has 3 rings (SSSR count). The molecule has 2 N–H and O–H groups in total. The Morgan fingerprint density at radius 2 is 1.92 bits per heavy atom. The van der Waals surface area contributed by atoms with Gasteiger partial charge in [0.05, 0.1) is 0 Å². The van der Waals surface area contributed by atoms with Crippen LogP contribution in [-0.2, 0) is 15.0 Å². The molecule has 0 aliphatic heterocycles. The second-order valence-corrected chi connectivity index (χ2v) is 7.16. The highest BCUT2D eigenvalue weighted by Crippen LogP contribution is 2.48. The van der Waals surface area contributed by atoms with E-state index in [1.54, 1.807) is 37.3 Å². The predicted octanol–water partition coefficient (Wildman–Crippen LogP) is 3.60. The highest BCUT2D eigenvalue weighted by atomic mass is 35.5. The van der Waals surface area contributed by atoms with E-state index in [1.165, 1.54) is 0 Å². The summed E-state index contributed by atoms with van der Waals surface area (Å²) in [6, 6.07) is 16.5. The molecule has 4 nitrogen and oxygen atoms in total. The maximum absolute atomic E-state index is 12.4. The lowest BCUT2D eigenvalue weighted by Crippen LogP contribution is -2.44. The maximum Gasteiger partial charge on any atom is 0.315 e. The smallest absolute Gasteiger partial charge is 0.315 e. The van der Waals surface area contributed by atoms with Crippen LogP contribution in [0.25, 0.3) is 0 Å². The maximum atomic E-state index is 12.4. The van der Waals surface area contributed by atoms with E-state index in [1.807, 2.05) is 24.3 Å². The van der Waals surface area contributed by atoms with Gasteiger partial charge in [-0.05, 0) is 42.5 Å². The summed E-state index contributed by atoms with van der Waals surface area (Å²) >= 11 is 6.00. The first-order valence-electron chi connectivity index (χ1n) is 8.24. The largest absolute Gasteiger partial charge is 0.481 e. The molecule has 25 heavy (non-hydrogen) atoms. The van der Waals surface area contributed by atoms with Crippen molar-refractivity contribution >= 4 is 23.5 Å². The van der Waals surface area contributed by atoms with Gasteiger partial charge in [-0.25, -0.2) is 0 Å². The predicted molar refractivity (Wildman–Crippen MR) is 96.7 cm³/mol. The molecule has 130 valence electrons. The van der Waals surface area contributed by atoms with Crippen molar-refractivity contribution in [3.63, 3.8) is 0 Å². The van der Waals surface area contributed by atoms with Gasteiger partial charge in [0.15, 0.2) is 0 Å². The van der Waals surface area contributed by atoms with Gasteiger partial charge in [-0.3, -0.25) is 9.59 Å². The number of nitrogens with one attached hydrogen (secondary N) is 1. The monoisotopic (exact) mass is 357 g/mol. The molecular weight excluding hydrogens is 338 g/mol. The number of hydrogen-bond acceptors (Lipinski definition) is 2. The van der Waals surface area contributed by atoms with Crippen molar-refractivity contribution in [1.82, 2.24) is 5.32 Å². The topological polar surface area (TPSA) is 66.4 Å². The fourth-order valence-corrected chi connectivity index (χ4v) is 3.29. The van der Waals surface area contributed by atoms with E-state index in [2.05, 4.69) is 5.32 Å². The van der Waals surface area contributed by atoms with Crippen LogP contribution in [-0.4, -0.2) is 23.5 Å². The van der Waals surface area contributed by atoms with Gasteiger partial charge >= 0.3 is 5.97 Å². The normalized spacial score (nSPS) is 21.2. The van der Waals surface area contributed by atoms with Gasteiger partial charge in [0.25, 0.3) is 0 Å². The minimum Gasteiger partial charge on any atom is -0.481 e. The highest BCUT2D eigenvalue weighted by molar-refractivity contribution is 6.30. The third-order valence-electron chi connectivity index (χ3n) is 4.90. The molecule has 2 aromatic carbocycles. The van der Waals surface area contributed by atoms with Crippen LogP contribution >= 0.6 is 11.6 Å². The summed E-state index contributed by atoms with van der Waals surface area (Å²) in [7, 11) is 0. The van der Waals surface area contributed by atoms with E-state index < -0.39 is 11.4 Å². The fourth-order valence-electron chi connectivity index (χ4n) is 3.09. The molecule has 1 aliphatic rings. The Kier molecular flexibility index (Phi) is 4.82. The van der Waals surface area contributed by atoms with Crippen LogP contribution in [0.15, 0.2) is 54.6 Å². The van der Waals surface area contributed by atoms with Gasteiger partial charge in [-0.2, -0.15) is 0 Å². The van der Waals surface area contributed by atoms with Crippen LogP contribution in [0.3, 0.4) is 0 Å². The van der Waals surface area contributed by atoms with Gasteiger partial charge in [-0.15, -0.1) is 0 Å². The van der Waals surface area contributed by atoms with E-state index in [4.69, 9.17) is 11.6 Å². The second kappa shape index (κ2) is 6.89. The first-order valence-corrected chi connectivity index (χ1v) is 8.62. The molecule has 0 bridgehead atoms. The molecule has 0 aromatic heterocycles. The van der Waals surface area contributed by atoms with Crippen molar-refractivity contribution in [2.45, 2.75) is 24.7 Å². The van der Waals surface area contributed by atoms with Crippen LogP contribution in [0.1, 0.15) is 30.4 Å². The van der Waals surface area contributed by atoms with Crippen molar-refractivity contribution in [2.24, 2.45) is 5.92 Å². The minimum absolute atomic E-state index is 0.0595. The van der Waals surface area contributed by atoms with E-state index in [0.29, 0.717) is 10.6 Å². The molecule has 0 radical (unpaired) electrons. The van der Waals surface area contributed by atoms with Crippen molar-refractivity contribution in [3.05, 3.63) is 70.7 Å². The van der Waals surface area contributed by atoms with Crippen LogP contribution in [0.5, 0.6) is 0 Å².